The highest BCUT2D eigenvalue weighted by Gasteiger charge is 2.35. The SMILES string of the molecule is CC/C=C/CCN1C[C@H](O)C[C@@H]1C(=O)OC. The smallest absolute Gasteiger partial charge is 0.323 e. The highest BCUT2D eigenvalue weighted by Crippen LogP contribution is 2.19. The number of ether oxygens (including phenoxy) is 1. The molecule has 0 aromatic rings. The molecular formula is C12H21NO3. The van der Waals surface area contributed by atoms with Gasteiger partial charge in [-0.3, -0.25) is 9.69 Å². The first-order valence-electron chi connectivity index (χ1n) is 5.84. The molecule has 4 heteroatoms. The van der Waals surface area contributed by atoms with Gasteiger partial charge in [0, 0.05) is 19.5 Å². The van der Waals surface area contributed by atoms with E-state index in [1.807, 2.05) is 4.90 Å². The van der Waals surface area contributed by atoms with Gasteiger partial charge in [0.05, 0.1) is 13.2 Å². The number of carbonyl (C=O) groups excluding carboxylic acids is 1. The van der Waals surface area contributed by atoms with Gasteiger partial charge < -0.3 is 9.84 Å². The van der Waals surface area contributed by atoms with Crippen molar-refractivity contribution in [1.29, 1.82) is 0 Å². The van der Waals surface area contributed by atoms with E-state index < -0.39 is 6.10 Å². The predicted molar refractivity (Wildman–Crippen MR) is 62.0 cm³/mol. The van der Waals surface area contributed by atoms with Crippen LogP contribution in [-0.4, -0.2) is 48.3 Å². The van der Waals surface area contributed by atoms with Crippen molar-refractivity contribution in [3.05, 3.63) is 12.2 Å². The normalized spacial score (nSPS) is 26.4. The highest BCUT2D eigenvalue weighted by atomic mass is 16.5. The quantitative estimate of drug-likeness (QED) is 0.561. The minimum Gasteiger partial charge on any atom is -0.468 e. The Balaban J connectivity index is 2.43. The molecular weight excluding hydrogens is 206 g/mol. The Hall–Kier alpha value is -0.870. The highest BCUT2D eigenvalue weighted by molar-refractivity contribution is 5.76. The molecule has 0 aliphatic carbocycles. The van der Waals surface area contributed by atoms with Gasteiger partial charge in [-0.15, -0.1) is 0 Å². The molecule has 1 heterocycles. The maximum Gasteiger partial charge on any atom is 0.323 e. The summed E-state index contributed by atoms with van der Waals surface area (Å²) in [7, 11) is 1.39. The molecule has 92 valence electrons. The van der Waals surface area contributed by atoms with Gasteiger partial charge in [0.1, 0.15) is 6.04 Å². The maximum absolute atomic E-state index is 11.5. The lowest BCUT2D eigenvalue weighted by molar-refractivity contribution is -0.145. The van der Waals surface area contributed by atoms with Crippen molar-refractivity contribution in [1.82, 2.24) is 4.90 Å². The van der Waals surface area contributed by atoms with Crippen molar-refractivity contribution < 1.29 is 14.6 Å². The average Bonchev–Trinajstić information content (AvgIpc) is 2.65. The van der Waals surface area contributed by atoms with Crippen LogP contribution < -0.4 is 0 Å². The summed E-state index contributed by atoms with van der Waals surface area (Å²) in [6.45, 7) is 3.46. The number of rotatable bonds is 5. The number of hydrogen-bond acceptors (Lipinski definition) is 4. The van der Waals surface area contributed by atoms with Crippen molar-refractivity contribution in [2.24, 2.45) is 0 Å². The van der Waals surface area contributed by atoms with E-state index >= 15 is 0 Å². The Morgan fingerprint density at radius 2 is 2.31 bits per heavy atom. The maximum atomic E-state index is 11.5. The molecule has 16 heavy (non-hydrogen) atoms. The van der Waals surface area contributed by atoms with E-state index in [2.05, 4.69) is 19.1 Å². The molecule has 0 radical (unpaired) electrons. The van der Waals surface area contributed by atoms with Gasteiger partial charge in [-0.1, -0.05) is 19.1 Å². The average molecular weight is 227 g/mol. The summed E-state index contributed by atoms with van der Waals surface area (Å²) in [6, 6.07) is -0.268. The van der Waals surface area contributed by atoms with E-state index in [4.69, 9.17) is 4.74 Å². The molecule has 0 saturated carbocycles. The second-order valence-electron chi connectivity index (χ2n) is 4.09. The van der Waals surface area contributed by atoms with Crippen LogP contribution in [0.25, 0.3) is 0 Å². The molecule has 0 bridgehead atoms. The van der Waals surface area contributed by atoms with Gasteiger partial charge in [-0.05, 0) is 12.8 Å². The van der Waals surface area contributed by atoms with E-state index in [1.54, 1.807) is 0 Å². The molecule has 1 fully saturated rings. The molecule has 1 aliphatic heterocycles. The summed E-state index contributed by atoms with van der Waals surface area (Å²) < 4.78 is 4.73. The van der Waals surface area contributed by atoms with E-state index in [-0.39, 0.29) is 12.0 Å². The van der Waals surface area contributed by atoms with Crippen molar-refractivity contribution in [2.75, 3.05) is 20.2 Å². The molecule has 2 atom stereocenters. The molecule has 0 aromatic heterocycles. The zero-order valence-electron chi connectivity index (χ0n) is 10.1. The number of aliphatic hydroxyl groups excluding tert-OH is 1. The lowest BCUT2D eigenvalue weighted by Crippen LogP contribution is -2.37. The van der Waals surface area contributed by atoms with E-state index in [0.717, 1.165) is 19.4 Å². The van der Waals surface area contributed by atoms with Gasteiger partial charge in [-0.25, -0.2) is 0 Å². The summed E-state index contributed by atoms with van der Waals surface area (Å²) in [6.07, 6.45) is 6.25. The lowest BCUT2D eigenvalue weighted by Gasteiger charge is -2.20. The summed E-state index contributed by atoms with van der Waals surface area (Å²) in [5.74, 6) is -0.240. The van der Waals surface area contributed by atoms with Gasteiger partial charge >= 0.3 is 5.97 Å². The minimum atomic E-state index is -0.403. The fourth-order valence-corrected chi connectivity index (χ4v) is 2.03. The van der Waals surface area contributed by atoms with Crippen LogP contribution in [0.1, 0.15) is 26.2 Å². The van der Waals surface area contributed by atoms with Crippen LogP contribution in [0.5, 0.6) is 0 Å². The van der Waals surface area contributed by atoms with E-state index in [9.17, 15) is 9.90 Å². The Kier molecular flexibility index (Phi) is 5.49. The molecule has 0 unspecified atom stereocenters. The van der Waals surface area contributed by atoms with Gasteiger partial charge in [0.25, 0.3) is 0 Å². The first kappa shape index (κ1) is 13.2. The standard InChI is InChI=1S/C12H21NO3/c1-3-4-5-6-7-13-9-10(14)8-11(13)12(15)16-2/h4-5,10-11,14H,3,6-9H2,1-2H3/b5-4+/t10-,11-/m1/s1. The summed E-state index contributed by atoms with van der Waals surface area (Å²) in [4.78, 5) is 13.5. The predicted octanol–water partition coefficient (Wildman–Crippen LogP) is 0.951. The van der Waals surface area contributed by atoms with Crippen LogP contribution in [0.4, 0.5) is 0 Å². The van der Waals surface area contributed by atoms with Gasteiger partial charge in [0.15, 0.2) is 0 Å². The van der Waals surface area contributed by atoms with Crippen LogP contribution in [0.2, 0.25) is 0 Å². The molecule has 0 spiro atoms. The first-order chi connectivity index (χ1) is 7.69. The largest absolute Gasteiger partial charge is 0.468 e. The van der Waals surface area contributed by atoms with Crippen LogP contribution in [0, 0.1) is 0 Å². The molecule has 0 aromatic carbocycles. The van der Waals surface area contributed by atoms with Crippen LogP contribution in [-0.2, 0) is 9.53 Å². The third-order valence-corrected chi connectivity index (χ3v) is 2.84. The fourth-order valence-electron chi connectivity index (χ4n) is 2.03. The molecule has 1 N–H and O–H groups in total. The minimum absolute atomic E-state index is 0.240. The Morgan fingerprint density at radius 1 is 1.56 bits per heavy atom. The van der Waals surface area contributed by atoms with Crippen LogP contribution in [0.3, 0.4) is 0 Å². The number of allylic oxidation sites excluding steroid dienone is 1. The summed E-state index contributed by atoms with van der Waals surface area (Å²) in [5, 5.41) is 9.55. The number of aliphatic hydroxyl groups is 1. The number of methoxy groups -OCH3 is 1. The molecule has 0 amide bonds. The second kappa shape index (κ2) is 6.66. The zero-order chi connectivity index (χ0) is 12.0. The van der Waals surface area contributed by atoms with Crippen molar-refractivity contribution in [3.8, 4) is 0 Å². The molecule has 1 aliphatic rings. The molecule has 1 saturated heterocycles. The van der Waals surface area contributed by atoms with E-state index in [1.165, 1.54) is 7.11 Å². The summed E-state index contributed by atoms with van der Waals surface area (Å²) in [5.41, 5.74) is 0. The topological polar surface area (TPSA) is 49.8 Å². The number of hydrogen-bond donors (Lipinski definition) is 1. The van der Waals surface area contributed by atoms with Gasteiger partial charge in [0.2, 0.25) is 0 Å². The van der Waals surface area contributed by atoms with Crippen molar-refractivity contribution >= 4 is 5.97 Å². The van der Waals surface area contributed by atoms with Gasteiger partial charge in [-0.2, -0.15) is 0 Å². The second-order valence-corrected chi connectivity index (χ2v) is 4.09. The third kappa shape index (κ3) is 3.61. The number of likely N-dealkylation sites (tertiary alicyclic amines) is 1. The fraction of sp³-hybridized carbons (Fsp3) is 0.750. The Bertz CT molecular complexity index is 253. The van der Waals surface area contributed by atoms with Crippen molar-refractivity contribution in [2.45, 2.75) is 38.3 Å². The van der Waals surface area contributed by atoms with Crippen LogP contribution >= 0.6 is 0 Å². The third-order valence-electron chi connectivity index (χ3n) is 2.84. The molecule has 4 nitrogen and oxygen atoms in total. The first-order valence-corrected chi connectivity index (χ1v) is 5.84. The monoisotopic (exact) mass is 227 g/mol. The zero-order valence-corrected chi connectivity index (χ0v) is 10.1. The van der Waals surface area contributed by atoms with Crippen LogP contribution in [0.15, 0.2) is 12.2 Å². The lowest BCUT2D eigenvalue weighted by atomic mass is 10.2. The Morgan fingerprint density at radius 3 is 2.94 bits per heavy atom. The van der Waals surface area contributed by atoms with Crippen molar-refractivity contribution in [3.63, 3.8) is 0 Å². The number of nitrogens with zero attached hydrogens (tertiary/aromatic N) is 1. The molecule has 1 rings (SSSR count). The number of carbonyl (C=O) groups is 1. The summed E-state index contributed by atoms with van der Waals surface area (Å²) >= 11 is 0. The Labute approximate surface area is 96.9 Å². The number of esters is 1. The van der Waals surface area contributed by atoms with E-state index in [0.29, 0.717) is 13.0 Å². The number of β-amino-alcohol motifs (C(OH)–C–C–N with tert-alkyl or cyclic N) is 1.